The minimum absolute atomic E-state index is 0. The summed E-state index contributed by atoms with van der Waals surface area (Å²) < 4.78 is 1.17. The molecule has 7 heteroatoms. The third-order valence-electron chi connectivity index (χ3n) is 7.38. The fraction of sp³-hybridized carbons (Fsp3) is 0.152. The van der Waals surface area contributed by atoms with Crippen LogP contribution in [0.25, 0.3) is 31.6 Å². The summed E-state index contributed by atoms with van der Waals surface area (Å²) in [6.45, 7) is 2.79. The second-order valence-electron chi connectivity index (χ2n) is 10.0. The molecule has 0 spiro atoms. The van der Waals surface area contributed by atoms with Gasteiger partial charge in [-0.1, -0.05) is 84.9 Å². The van der Waals surface area contributed by atoms with Crippen LogP contribution in [0.1, 0.15) is 21.6 Å². The number of nitrogens with one attached hydrogen (secondary N) is 1. The van der Waals surface area contributed by atoms with Crippen molar-refractivity contribution < 1.29 is 4.79 Å². The number of fused-ring (bicyclic) bond motifs is 3. The van der Waals surface area contributed by atoms with Gasteiger partial charge in [0.25, 0.3) is 0 Å². The molecule has 0 fully saturated rings. The van der Waals surface area contributed by atoms with Gasteiger partial charge in [0.15, 0.2) is 0 Å². The molecule has 0 unspecified atom stereocenters. The first kappa shape index (κ1) is 26.7. The summed E-state index contributed by atoms with van der Waals surface area (Å²) in [6.07, 6.45) is 1.28. The van der Waals surface area contributed by atoms with Crippen molar-refractivity contribution in [2.24, 2.45) is 0 Å². The van der Waals surface area contributed by atoms with E-state index in [0.29, 0.717) is 6.42 Å². The molecule has 4 nitrogen and oxygen atoms in total. The van der Waals surface area contributed by atoms with Crippen LogP contribution >= 0.6 is 35.1 Å². The Hall–Kier alpha value is -3.55. The van der Waals surface area contributed by atoms with Gasteiger partial charge >= 0.3 is 0 Å². The Morgan fingerprint density at radius 1 is 0.875 bits per heavy atom. The van der Waals surface area contributed by atoms with Crippen LogP contribution in [0, 0.1) is 0 Å². The fourth-order valence-electron chi connectivity index (χ4n) is 5.52. The lowest BCUT2D eigenvalue weighted by Gasteiger charge is -2.27. The molecule has 6 aromatic rings. The summed E-state index contributed by atoms with van der Waals surface area (Å²) in [5.74, 6) is 0.00783. The average molecular weight is 582 g/mol. The Kier molecular flexibility index (Phi) is 7.67. The van der Waals surface area contributed by atoms with Gasteiger partial charge in [0.1, 0.15) is 10.0 Å². The zero-order chi connectivity index (χ0) is 26.2. The molecule has 1 aliphatic rings. The maximum Gasteiger partial charge on any atom is 0.229 e. The summed E-state index contributed by atoms with van der Waals surface area (Å²) in [5, 5.41) is 7.51. The Morgan fingerprint density at radius 2 is 1.65 bits per heavy atom. The van der Waals surface area contributed by atoms with Crippen LogP contribution in [0.5, 0.6) is 0 Å². The number of carbonyl (C=O) groups is 1. The maximum absolute atomic E-state index is 13.5. The van der Waals surface area contributed by atoms with Crippen LogP contribution in [-0.2, 0) is 30.7 Å². The first-order valence-corrected chi connectivity index (χ1v) is 14.9. The second-order valence-corrected chi connectivity index (χ2v) is 12.1. The number of thiophene rings is 1. The van der Waals surface area contributed by atoms with E-state index in [4.69, 9.17) is 4.98 Å². The van der Waals surface area contributed by atoms with E-state index in [1.165, 1.54) is 20.7 Å². The highest BCUT2D eigenvalue weighted by Crippen LogP contribution is 2.46. The van der Waals surface area contributed by atoms with Crippen LogP contribution in [-0.4, -0.2) is 22.3 Å². The topological polar surface area (TPSA) is 45.2 Å². The van der Waals surface area contributed by atoms with Crippen LogP contribution < -0.4 is 5.32 Å². The third kappa shape index (κ3) is 5.28. The number of aromatic nitrogens is 1. The fourth-order valence-corrected chi connectivity index (χ4v) is 7.93. The number of amides is 1. The van der Waals surface area contributed by atoms with E-state index in [9.17, 15) is 4.79 Å². The van der Waals surface area contributed by atoms with E-state index in [1.807, 2.05) is 24.3 Å². The minimum Gasteiger partial charge on any atom is -0.317 e. The highest BCUT2D eigenvalue weighted by Gasteiger charge is 2.28. The lowest BCUT2D eigenvalue weighted by atomic mass is 10.0. The van der Waals surface area contributed by atoms with Crippen LogP contribution in [0.15, 0.2) is 97.1 Å². The predicted octanol–water partition coefficient (Wildman–Crippen LogP) is 8.34. The van der Waals surface area contributed by atoms with Crippen molar-refractivity contribution in [1.82, 2.24) is 9.88 Å². The number of carbonyl (C=O) groups excluding carboxylic acids is 1. The van der Waals surface area contributed by atoms with Crippen LogP contribution in [0.4, 0.5) is 5.00 Å². The summed E-state index contributed by atoms with van der Waals surface area (Å²) in [4.78, 5) is 22.3. The van der Waals surface area contributed by atoms with E-state index in [1.54, 1.807) is 22.7 Å². The van der Waals surface area contributed by atoms with Gasteiger partial charge in [-0.15, -0.1) is 35.1 Å². The molecule has 1 aliphatic heterocycles. The summed E-state index contributed by atoms with van der Waals surface area (Å²) in [6, 6.07) is 33.4. The number of rotatable bonds is 6. The molecule has 0 saturated heterocycles. The third-order valence-corrected chi connectivity index (χ3v) is 9.56. The first-order valence-electron chi connectivity index (χ1n) is 13.2. The zero-order valence-electron chi connectivity index (χ0n) is 21.8. The molecule has 7 rings (SSSR count). The number of anilines is 1. The number of benzene rings is 4. The quantitative estimate of drug-likeness (QED) is 0.215. The largest absolute Gasteiger partial charge is 0.317 e. The van der Waals surface area contributed by atoms with E-state index < -0.39 is 0 Å². The lowest BCUT2D eigenvalue weighted by Crippen LogP contribution is -2.29. The number of halogens is 1. The van der Waals surface area contributed by atoms with Crippen molar-refractivity contribution in [3.63, 3.8) is 0 Å². The number of thiazole rings is 1. The van der Waals surface area contributed by atoms with E-state index in [2.05, 4.69) is 83.0 Å². The van der Waals surface area contributed by atoms with Crippen molar-refractivity contribution in [3.05, 3.63) is 119 Å². The number of nitrogens with zero attached hydrogens (tertiary/aromatic N) is 2. The molecule has 0 bridgehead atoms. The van der Waals surface area contributed by atoms with Crippen molar-refractivity contribution in [2.45, 2.75) is 25.9 Å². The molecule has 2 aromatic heterocycles. The molecular weight excluding hydrogens is 554 g/mol. The highest BCUT2D eigenvalue weighted by atomic mass is 35.5. The molecule has 40 heavy (non-hydrogen) atoms. The van der Waals surface area contributed by atoms with Gasteiger partial charge in [0.2, 0.25) is 5.91 Å². The Balaban J connectivity index is 0.00000289. The Morgan fingerprint density at radius 3 is 2.52 bits per heavy atom. The van der Waals surface area contributed by atoms with Crippen molar-refractivity contribution in [3.8, 4) is 10.6 Å². The Bertz CT molecular complexity index is 1770. The number of hydrogen-bond acceptors (Lipinski definition) is 5. The van der Waals surface area contributed by atoms with Gasteiger partial charge < -0.3 is 5.32 Å². The van der Waals surface area contributed by atoms with Crippen LogP contribution in [0.2, 0.25) is 0 Å². The summed E-state index contributed by atoms with van der Waals surface area (Å²) in [7, 11) is 0. The van der Waals surface area contributed by atoms with Crippen molar-refractivity contribution in [2.75, 3.05) is 11.9 Å². The van der Waals surface area contributed by atoms with Crippen molar-refractivity contribution in [1.29, 1.82) is 0 Å². The van der Waals surface area contributed by atoms with E-state index in [0.717, 1.165) is 63.5 Å². The number of para-hydroxylation sites is 1. The molecule has 0 atom stereocenters. The van der Waals surface area contributed by atoms with E-state index >= 15 is 0 Å². The average Bonchev–Trinajstić information content (AvgIpc) is 3.54. The molecule has 4 aromatic carbocycles. The minimum atomic E-state index is 0. The molecule has 0 aliphatic carbocycles. The molecule has 200 valence electrons. The standard InChI is InChI=1S/C33H27N3OS2.ClH/c37-30(19-24-13-8-12-23-11-4-5-14-25(23)24)35-33-31(32-34-27-15-6-7-16-28(27)38-32)26-17-18-36(21-29(26)39-33)20-22-9-2-1-3-10-22;/h1-16H,17-21H2,(H,35,37);1H. The molecule has 3 heterocycles. The summed E-state index contributed by atoms with van der Waals surface area (Å²) in [5.41, 5.74) is 5.83. The van der Waals surface area contributed by atoms with Gasteiger partial charge in [-0.2, -0.15) is 0 Å². The van der Waals surface area contributed by atoms with Crippen molar-refractivity contribution >= 4 is 67.0 Å². The zero-order valence-corrected chi connectivity index (χ0v) is 24.3. The second kappa shape index (κ2) is 11.5. The maximum atomic E-state index is 13.5. The SMILES string of the molecule is Cl.O=C(Cc1cccc2ccccc12)Nc1sc2c(c1-c1nc3ccccc3s1)CCN(Cc1ccccc1)C2. The Labute approximate surface area is 247 Å². The lowest BCUT2D eigenvalue weighted by molar-refractivity contribution is -0.115. The monoisotopic (exact) mass is 581 g/mol. The number of hydrogen-bond donors (Lipinski definition) is 1. The first-order chi connectivity index (χ1) is 19.2. The van der Waals surface area contributed by atoms with Gasteiger partial charge in [0.05, 0.1) is 16.6 Å². The van der Waals surface area contributed by atoms with Gasteiger partial charge in [0, 0.05) is 30.1 Å². The van der Waals surface area contributed by atoms with Gasteiger partial charge in [-0.25, -0.2) is 4.98 Å². The predicted molar refractivity (Wildman–Crippen MR) is 171 cm³/mol. The summed E-state index contributed by atoms with van der Waals surface area (Å²) >= 11 is 3.43. The molecule has 1 N–H and O–H groups in total. The molecular formula is C33H28ClN3OS2. The molecule has 0 saturated carbocycles. The van der Waals surface area contributed by atoms with E-state index in [-0.39, 0.29) is 18.3 Å². The molecule has 0 radical (unpaired) electrons. The molecule has 1 amide bonds. The van der Waals surface area contributed by atoms with Gasteiger partial charge in [-0.3, -0.25) is 9.69 Å². The normalized spacial score (nSPS) is 13.2. The van der Waals surface area contributed by atoms with Gasteiger partial charge in [-0.05, 0) is 46.0 Å². The smallest absolute Gasteiger partial charge is 0.229 e. The highest BCUT2D eigenvalue weighted by molar-refractivity contribution is 7.22. The van der Waals surface area contributed by atoms with Crippen LogP contribution in [0.3, 0.4) is 0 Å².